The largest absolute Gasteiger partial charge is 0.468 e. The van der Waals surface area contributed by atoms with Gasteiger partial charge < -0.3 is 4.74 Å². The highest BCUT2D eigenvalue weighted by Gasteiger charge is 2.29. The van der Waals surface area contributed by atoms with Crippen LogP contribution in [0.3, 0.4) is 0 Å². The first kappa shape index (κ1) is 14.7. The summed E-state index contributed by atoms with van der Waals surface area (Å²) < 4.78 is 4.53. The third-order valence-corrected chi connectivity index (χ3v) is 3.63. The van der Waals surface area contributed by atoms with Gasteiger partial charge in [-0.15, -0.1) is 0 Å². The molecule has 0 spiro atoms. The van der Waals surface area contributed by atoms with Crippen LogP contribution in [0.25, 0.3) is 11.1 Å². The van der Waals surface area contributed by atoms with Gasteiger partial charge in [0.05, 0.1) is 7.11 Å². The predicted molar refractivity (Wildman–Crippen MR) is 84.1 cm³/mol. The quantitative estimate of drug-likeness (QED) is 0.462. The van der Waals surface area contributed by atoms with Gasteiger partial charge in [-0.1, -0.05) is 36.1 Å². The molecule has 0 saturated heterocycles. The maximum atomic E-state index is 12.2. The van der Waals surface area contributed by atoms with Crippen molar-refractivity contribution in [3.8, 4) is 23.0 Å². The van der Waals surface area contributed by atoms with Gasteiger partial charge in [0, 0.05) is 16.7 Å². The fraction of sp³-hybridized carbons (Fsp3) is 0.105. The van der Waals surface area contributed by atoms with Crippen LogP contribution in [-0.2, 0) is 9.53 Å². The fourth-order valence-electron chi connectivity index (χ4n) is 2.49. The van der Waals surface area contributed by atoms with E-state index in [0.29, 0.717) is 22.3 Å². The lowest BCUT2D eigenvalue weighted by Gasteiger charge is -2.17. The average molecular weight is 304 g/mol. The number of Topliss-reactive ketones (excluding diaryl/α,β-unsaturated/α-hetero) is 2. The van der Waals surface area contributed by atoms with Crippen LogP contribution in [0, 0.1) is 11.8 Å². The van der Waals surface area contributed by atoms with Crippen LogP contribution in [0.2, 0.25) is 0 Å². The zero-order valence-corrected chi connectivity index (χ0v) is 12.4. The monoisotopic (exact) mass is 304 g/mol. The number of hydrogen-bond donors (Lipinski definition) is 0. The molecule has 0 unspecified atom stereocenters. The summed E-state index contributed by atoms with van der Waals surface area (Å²) in [6, 6.07) is 12.0. The van der Waals surface area contributed by atoms with Crippen LogP contribution in [0.1, 0.15) is 32.7 Å². The number of rotatable bonds is 1. The number of hydrogen-bond acceptors (Lipinski definition) is 4. The van der Waals surface area contributed by atoms with Gasteiger partial charge in [0.25, 0.3) is 0 Å². The van der Waals surface area contributed by atoms with Crippen molar-refractivity contribution in [2.45, 2.75) is 6.42 Å². The molecule has 0 heterocycles. The van der Waals surface area contributed by atoms with E-state index in [4.69, 9.17) is 0 Å². The standard InChI is InChI=1S/C19H12O4/c1-23-17(20)8-4-5-12-9-10-15-16(11-12)13-6-2-3-7-14(13)18(21)19(15)22/h2-3,6-7,9-11H,8H2,1H3. The Labute approximate surface area is 133 Å². The van der Waals surface area contributed by atoms with Gasteiger partial charge in [-0.05, 0) is 29.3 Å². The number of ether oxygens (including phenoxy) is 1. The van der Waals surface area contributed by atoms with Crippen LogP contribution < -0.4 is 0 Å². The van der Waals surface area contributed by atoms with Crippen LogP contribution in [0.5, 0.6) is 0 Å². The minimum atomic E-state index is -0.507. The highest BCUT2D eigenvalue weighted by atomic mass is 16.5. The molecule has 0 atom stereocenters. The smallest absolute Gasteiger partial charge is 0.317 e. The fourth-order valence-corrected chi connectivity index (χ4v) is 2.49. The number of benzene rings is 2. The summed E-state index contributed by atoms with van der Waals surface area (Å²) in [5.41, 5.74) is 2.88. The van der Waals surface area contributed by atoms with E-state index in [1.165, 1.54) is 7.11 Å². The Hall–Kier alpha value is -3.19. The number of methoxy groups -OCH3 is 1. The molecular formula is C19H12O4. The second-order valence-corrected chi connectivity index (χ2v) is 5.02. The van der Waals surface area contributed by atoms with Gasteiger partial charge in [0.1, 0.15) is 6.42 Å². The van der Waals surface area contributed by atoms with E-state index in [-0.39, 0.29) is 6.42 Å². The summed E-state index contributed by atoms with van der Waals surface area (Å²) in [6.45, 7) is 0. The number of fused-ring (bicyclic) bond motifs is 3. The number of esters is 1. The summed E-state index contributed by atoms with van der Waals surface area (Å²) in [4.78, 5) is 35.4. The Balaban J connectivity index is 2.05. The lowest BCUT2D eigenvalue weighted by atomic mass is 9.83. The van der Waals surface area contributed by atoms with Gasteiger partial charge in [-0.3, -0.25) is 14.4 Å². The minimum Gasteiger partial charge on any atom is -0.468 e. The third-order valence-electron chi connectivity index (χ3n) is 3.63. The predicted octanol–water partition coefficient (Wildman–Crippen LogP) is 2.65. The molecule has 3 rings (SSSR count). The molecule has 1 aliphatic rings. The number of carbonyl (C=O) groups excluding carboxylic acids is 3. The summed E-state index contributed by atoms with van der Waals surface area (Å²) >= 11 is 0. The Bertz CT molecular complexity index is 897. The van der Waals surface area contributed by atoms with Crippen molar-refractivity contribution >= 4 is 17.5 Å². The molecule has 2 aromatic carbocycles. The van der Waals surface area contributed by atoms with E-state index in [1.54, 1.807) is 30.3 Å². The molecule has 0 aromatic heterocycles. The van der Waals surface area contributed by atoms with E-state index in [2.05, 4.69) is 16.6 Å². The van der Waals surface area contributed by atoms with Crippen molar-refractivity contribution in [3.63, 3.8) is 0 Å². The minimum absolute atomic E-state index is 0.00158. The van der Waals surface area contributed by atoms with Crippen LogP contribution >= 0.6 is 0 Å². The molecule has 0 fully saturated rings. The van der Waals surface area contributed by atoms with Crippen molar-refractivity contribution in [2.24, 2.45) is 0 Å². The topological polar surface area (TPSA) is 60.4 Å². The summed E-state index contributed by atoms with van der Waals surface area (Å²) in [5, 5.41) is 0. The second kappa shape index (κ2) is 5.90. The van der Waals surface area contributed by atoms with Gasteiger partial charge in [-0.2, -0.15) is 0 Å². The van der Waals surface area contributed by atoms with Crippen molar-refractivity contribution in [1.82, 2.24) is 0 Å². The van der Waals surface area contributed by atoms with Crippen LogP contribution in [0.15, 0.2) is 42.5 Å². The van der Waals surface area contributed by atoms with Crippen molar-refractivity contribution in [2.75, 3.05) is 7.11 Å². The summed E-state index contributed by atoms with van der Waals surface area (Å²) in [5.74, 6) is 4.20. The third kappa shape index (κ3) is 2.65. The number of carbonyl (C=O) groups is 3. The lowest BCUT2D eigenvalue weighted by molar-refractivity contribution is -0.139. The maximum Gasteiger partial charge on any atom is 0.317 e. The first-order chi connectivity index (χ1) is 11.1. The molecule has 112 valence electrons. The molecule has 0 bridgehead atoms. The molecule has 1 aliphatic carbocycles. The molecule has 0 aliphatic heterocycles. The Morgan fingerprint density at radius 3 is 2.30 bits per heavy atom. The molecule has 0 amide bonds. The average Bonchev–Trinajstić information content (AvgIpc) is 2.59. The Morgan fingerprint density at radius 1 is 0.957 bits per heavy atom. The summed E-state index contributed by atoms with van der Waals surface area (Å²) in [6.07, 6.45) is 0.00158. The van der Waals surface area contributed by atoms with Crippen molar-refractivity contribution < 1.29 is 19.1 Å². The summed E-state index contributed by atoms with van der Waals surface area (Å²) in [7, 11) is 1.31. The highest BCUT2D eigenvalue weighted by molar-refractivity contribution is 6.53. The van der Waals surface area contributed by atoms with Gasteiger partial charge in [-0.25, -0.2) is 0 Å². The lowest BCUT2D eigenvalue weighted by Crippen LogP contribution is -2.21. The van der Waals surface area contributed by atoms with Gasteiger partial charge in [0.2, 0.25) is 11.6 Å². The molecule has 23 heavy (non-hydrogen) atoms. The SMILES string of the molecule is COC(=O)CC#Cc1ccc2c(c1)-c1ccccc1C(=O)C2=O. The van der Waals surface area contributed by atoms with Crippen LogP contribution in [0.4, 0.5) is 0 Å². The first-order valence-corrected chi connectivity index (χ1v) is 7.00. The van der Waals surface area contributed by atoms with Crippen molar-refractivity contribution in [1.29, 1.82) is 0 Å². The van der Waals surface area contributed by atoms with E-state index in [0.717, 1.165) is 5.56 Å². The van der Waals surface area contributed by atoms with E-state index < -0.39 is 17.5 Å². The Morgan fingerprint density at radius 2 is 1.61 bits per heavy atom. The van der Waals surface area contributed by atoms with E-state index in [1.807, 2.05) is 12.1 Å². The molecule has 2 aromatic rings. The van der Waals surface area contributed by atoms with E-state index >= 15 is 0 Å². The number of ketones is 2. The zero-order chi connectivity index (χ0) is 16.4. The van der Waals surface area contributed by atoms with Gasteiger partial charge >= 0.3 is 5.97 Å². The molecule has 0 saturated carbocycles. The van der Waals surface area contributed by atoms with Gasteiger partial charge in [0.15, 0.2) is 0 Å². The van der Waals surface area contributed by atoms with Crippen LogP contribution in [-0.4, -0.2) is 24.6 Å². The first-order valence-electron chi connectivity index (χ1n) is 7.00. The molecule has 4 heteroatoms. The zero-order valence-electron chi connectivity index (χ0n) is 12.4. The molecule has 0 N–H and O–H groups in total. The normalized spacial score (nSPS) is 11.9. The highest BCUT2D eigenvalue weighted by Crippen LogP contribution is 2.33. The molecule has 4 nitrogen and oxygen atoms in total. The molecule has 0 radical (unpaired) electrons. The molecular weight excluding hydrogens is 292 g/mol. The van der Waals surface area contributed by atoms with E-state index in [9.17, 15) is 14.4 Å². The van der Waals surface area contributed by atoms with Crippen molar-refractivity contribution in [3.05, 3.63) is 59.2 Å². The maximum absolute atomic E-state index is 12.2. The Kier molecular flexibility index (Phi) is 3.78. The second-order valence-electron chi connectivity index (χ2n) is 5.02.